The third kappa shape index (κ3) is 2.41. The van der Waals surface area contributed by atoms with Gasteiger partial charge < -0.3 is 4.98 Å². The zero-order valence-electron chi connectivity index (χ0n) is 9.34. The monoisotopic (exact) mass is 274 g/mol. The minimum atomic E-state index is -0.544. The first-order valence-electron chi connectivity index (χ1n) is 5.04. The molecule has 0 fully saturated rings. The van der Waals surface area contributed by atoms with Crippen LogP contribution in [-0.4, -0.2) is 14.9 Å². The van der Waals surface area contributed by atoms with Crippen LogP contribution in [0.2, 0.25) is 0 Å². The Labute approximate surface area is 111 Å². The number of aromatic nitrogens is 2. The Kier molecular flexibility index (Phi) is 3.22. The molecule has 8 heteroatoms. The summed E-state index contributed by atoms with van der Waals surface area (Å²) < 4.78 is 0.0483. The number of H-pyrrole nitrogens is 2. The van der Waals surface area contributed by atoms with Crippen molar-refractivity contribution in [2.24, 2.45) is 0 Å². The van der Waals surface area contributed by atoms with Gasteiger partial charge in [-0.15, -0.1) is 0 Å². The molecule has 0 amide bonds. The van der Waals surface area contributed by atoms with Crippen molar-refractivity contribution in [1.29, 1.82) is 5.26 Å². The molecule has 0 aliphatic rings. The molecule has 0 aliphatic heterocycles. The summed E-state index contributed by atoms with van der Waals surface area (Å²) in [5.74, 6) is 0. The van der Waals surface area contributed by atoms with Gasteiger partial charge in [0.1, 0.15) is 11.8 Å². The first kappa shape index (κ1) is 12.7. The number of nitriles is 1. The first-order valence-corrected chi connectivity index (χ1v) is 5.45. The largest absolute Gasteiger partial charge is 0.323 e. The van der Waals surface area contributed by atoms with E-state index in [1.807, 2.05) is 6.07 Å². The van der Waals surface area contributed by atoms with Crippen molar-refractivity contribution < 1.29 is 4.92 Å². The van der Waals surface area contributed by atoms with Crippen LogP contribution in [0.5, 0.6) is 0 Å². The molecule has 7 nitrogen and oxygen atoms in total. The molecular formula is C11H6N4O3S. The van der Waals surface area contributed by atoms with Gasteiger partial charge in [-0.2, -0.15) is 5.26 Å². The topological polar surface area (TPSA) is 116 Å². The fraction of sp³-hybridized carbons (Fsp3) is 0. The minimum Gasteiger partial charge on any atom is -0.323 e. The number of aromatic amines is 2. The SMILES string of the molecule is N#Cc1[nH]c(=S)[nH]c(=O)c1-c1ccc([N+](=O)[O-])cc1. The highest BCUT2D eigenvalue weighted by Gasteiger charge is 2.12. The Morgan fingerprint density at radius 1 is 1.26 bits per heavy atom. The lowest BCUT2D eigenvalue weighted by Crippen LogP contribution is -2.13. The lowest BCUT2D eigenvalue weighted by Gasteiger charge is -2.02. The normalized spacial score (nSPS) is 9.84. The maximum atomic E-state index is 11.8. The van der Waals surface area contributed by atoms with Crippen molar-refractivity contribution >= 4 is 17.9 Å². The highest BCUT2D eigenvalue weighted by molar-refractivity contribution is 7.71. The average molecular weight is 274 g/mol. The number of nitro benzene ring substituents is 1. The lowest BCUT2D eigenvalue weighted by atomic mass is 10.1. The molecule has 0 radical (unpaired) electrons. The van der Waals surface area contributed by atoms with Gasteiger partial charge in [0.25, 0.3) is 11.2 Å². The Morgan fingerprint density at radius 2 is 1.89 bits per heavy atom. The van der Waals surface area contributed by atoms with E-state index in [4.69, 9.17) is 17.5 Å². The van der Waals surface area contributed by atoms with Crippen molar-refractivity contribution in [1.82, 2.24) is 9.97 Å². The number of hydrogen-bond donors (Lipinski definition) is 2. The van der Waals surface area contributed by atoms with Gasteiger partial charge >= 0.3 is 0 Å². The van der Waals surface area contributed by atoms with Crippen LogP contribution in [0, 0.1) is 26.2 Å². The van der Waals surface area contributed by atoms with E-state index in [1.165, 1.54) is 24.3 Å². The smallest absolute Gasteiger partial charge is 0.269 e. The molecule has 94 valence electrons. The maximum Gasteiger partial charge on any atom is 0.269 e. The summed E-state index contributed by atoms with van der Waals surface area (Å²) in [4.78, 5) is 26.8. The van der Waals surface area contributed by atoms with Crippen LogP contribution in [0.4, 0.5) is 5.69 Å². The predicted octanol–water partition coefficient (Wildman–Crippen LogP) is 1.88. The van der Waals surface area contributed by atoms with Crippen LogP contribution >= 0.6 is 12.2 Å². The van der Waals surface area contributed by atoms with Gasteiger partial charge in [-0.3, -0.25) is 19.9 Å². The number of rotatable bonds is 2. The van der Waals surface area contributed by atoms with Gasteiger partial charge in [0.15, 0.2) is 4.77 Å². The molecule has 0 aliphatic carbocycles. The Hall–Kier alpha value is -2.79. The molecule has 0 bridgehead atoms. The molecule has 2 rings (SSSR count). The number of hydrogen-bond acceptors (Lipinski definition) is 5. The van der Waals surface area contributed by atoms with Crippen molar-refractivity contribution in [3.8, 4) is 17.2 Å². The van der Waals surface area contributed by atoms with Gasteiger partial charge in [-0.1, -0.05) is 0 Å². The van der Waals surface area contributed by atoms with E-state index >= 15 is 0 Å². The van der Waals surface area contributed by atoms with Crippen LogP contribution in [0.1, 0.15) is 5.69 Å². The zero-order chi connectivity index (χ0) is 14.0. The predicted molar refractivity (Wildman–Crippen MR) is 69.1 cm³/mol. The quantitative estimate of drug-likeness (QED) is 0.492. The molecular weight excluding hydrogens is 268 g/mol. The van der Waals surface area contributed by atoms with Crippen LogP contribution < -0.4 is 5.56 Å². The highest BCUT2D eigenvalue weighted by Crippen LogP contribution is 2.21. The lowest BCUT2D eigenvalue weighted by molar-refractivity contribution is -0.384. The molecule has 0 atom stereocenters. The van der Waals surface area contributed by atoms with Crippen molar-refractivity contribution in [2.45, 2.75) is 0 Å². The van der Waals surface area contributed by atoms with Gasteiger partial charge in [0.05, 0.1) is 10.5 Å². The zero-order valence-corrected chi connectivity index (χ0v) is 10.2. The van der Waals surface area contributed by atoms with Crippen molar-refractivity contribution in [2.75, 3.05) is 0 Å². The van der Waals surface area contributed by atoms with E-state index in [1.54, 1.807) is 0 Å². The highest BCUT2D eigenvalue weighted by atomic mass is 32.1. The maximum absolute atomic E-state index is 11.8. The number of non-ortho nitro benzene ring substituents is 1. The molecule has 2 N–H and O–H groups in total. The number of benzene rings is 1. The van der Waals surface area contributed by atoms with E-state index in [0.717, 1.165) is 0 Å². The van der Waals surface area contributed by atoms with Gasteiger partial charge in [-0.05, 0) is 29.9 Å². The third-order valence-electron chi connectivity index (χ3n) is 2.42. The van der Waals surface area contributed by atoms with Crippen LogP contribution in [0.3, 0.4) is 0 Å². The summed E-state index contributed by atoms with van der Waals surface area (Å²) in [6.45, 7) is 0. The molecule has 1 aromatic heterocycles. The second-order valence-electron chi connectivity index (χ2n) is 3.57. The molecule has 1 heterocycles. The summed E-state index contributed by atoms with van der Waals surface area (Å²) in [6, 6.07) is 7.17. The molecule has 0 saturated heterocycles. The molecule has 0 saturated carbocycles. The van der Waals surface area contributed by atoms with Gasteiger partial charge in [0.2, 0.25) is 0 Å². The molecule has 19 heavy (non-hydrogen) atoms. The van der Waals surface area contributed by atoms with Crippen molar-refractivity contribution in [3.05, 3.63) is 55.2 Å². The summed E-state index contributed by atoms with van der Waals surface area (Å²) >= 11 is 4.77. The second-order valence-corrected chi connectivity index (χ2v) is 3.98. The molecule has 2 aromatic rings. The van der Waals surface area contributed by atoms with Crippen LogP contribution in [-0.2, 0) is 0 Å². The third-order valence-corrected chi connectivity index (χ3v) is 2.63. The number of nitrogens with zero attached hydrogens (tertiary/aromatic N) is 2. The van der Waals surface area contributed by atoms with E-state index in [-0.39, 0.29) is 21.7 Å². The standard InChI is InChI=1S/C11H6N4O3S/c12-5-8-9(10(16)14-11(19)13-8)6-1-3-7(4-2-6)15(17)18/h1-4H,(H2,13,14,16,19). The summed E-state index contributed by atoms with van der Waals surface area (Å²) in [7, 11) is 0. The van der Waals surface area contributed by atoms with E-state index in [9.17, 15) is 14.9 Å². The number of nitro groups is 1. The Morgan fingerprint density at radius 3 is 2.42 bits per heavy atom. The molecule has 1 aromatic carbocycles. The summed E-state index contributed by atoms with van der Waals surface area (Å²) in [6.07, 6.45) is 0. The number of nitrogens with one attached hydrogen (secondary N) is 2. The Balaban J connectivity index is 2.66. The summed E-state index contributed by atoms with van der Waals surface area (Å²) in [5, 5.41) is 19.5. The fourth-order valence-corrected chi connectivity index (χ4v) is 1.79. The van der Waals surface area contributed by atoms with E-state index < -0.39 is 10.5 Å². The fourth-order valence-electron chi connectivity index (χ4n) is 1.60. The van der Waals surface area contributed by atoms with Gasteiger partial charge in [0, 0.05) is 12.1 Å². The van der Waals surface area contributed by atoms with Crippen LogP contribution in [0.15, 0.2) is 29.1 Å². The Bertz CT molecular complexity index is 798. The second kappa shape index (κ2) is 4.83. The summed E-state index contributed by atoms with van der Waals surface area (Å²) in [5.41, 5.74) is -0.0973. The van der Waals surface area contributed by atoms with E-state index in [2.05, 4.69) is 9.97 Å². The van der Waals surface area contributed by atoms with Gasteiger partial charge in [-0.25, -0.2) is 0 Å². The van der Waals surface area contributed by atoms with Crippen molar-refractivity contribution in [3.63, 3.8) is 0 Å². The van der Waals surface area contributed by atoms with Crippen LogP contribution in [0.25, 0.3) is 11.1 Å². The molecule has 0 spiro atoms. The average Bonchev–Trinajstić information content (AvgIpc) is 2.38. The van der Waals surface area contributed by atoms with E-state index in [0.29, 0.717) is 5.56 Å². The molecule has 0 unspecified atom stereocenters. The first-order chi connectivity index (χ1) is 9.02. The minimum absolute atomic E-state index is 0.0163.